The molecule has 1 fully saturated rings. The number of amides is 2. The lowest BCUT2D eigenvalue weighted by atomic mass is 10.1. The van der Waals surface area contributed by atoms with Crippen molar-refractivity contribution in [3.63, 3.8) is 0 Å². The van der Waals surface area contributed by atoms with Crippen molar-refractivity contribution in [3.05, 3.63) is 41.5 Å². The molecule has 1 aliphatic rings. The van der Waals surface area contributed by atoms with Gasteiger partial charge in [-0.1, -0.05) is 31.2 Å². The molecule has 1 aromatic carbocycles. The van der Waals surface area contributed by atoms with Crippen molar-refractivity contribution < 1.29 is 14.8 Å². The van der Waals surface area contributed by atoms with E-state index in [9.17, 15) is 9.59 Å². The van der Waals surface area contributed by atoms with E-state index in [-0.39, 0.29) is 5.91 Å². The van der Waals surface area contributed by atoms with Crippen molar-refractivity contribution >= 4 is 17.9 Å². The summed E-state index contributed by atoms with van der Waals surface area (Å²) in [5, 5.41) is 8.43. The molecular weight excluding hydrogens is 294 g/mol. The second-order valence-electron chi connectivity index (χ2n) is 5.56. The average Bonchev–Trinajstić information content (AvgIpc) is 2.60. The third kappa shape index (κ3) is 5.19. The molecular formula is C17H23N3O3. The normalized spacial score (nSPS) is 15.8. The predicted molar refractivity (Wildman–Crippen MR) is 87.6 cm³/mol. The smallest absolute Gasteiger partial charge is 0.267 e. The van der Waals surface area contributed by atoms with Crippen molar-refractivity contribution in [2.24, 2.45) is 0 Å². The number of hydrogen-bond acceptors (Lipinski definition) is 4. The number of rotatable bonds is 5. The molecule has 0 spiro atoms. The Balaban J connectivity index is 1.84. The van der Waals surface area contributed by atoms with E-state index < -0.39 is 5.91 Å². The van der Waals surface area contributed by atoms with Gasteiger partial charge in [0, 0.05) is 45.2 Å². The number of nitrogens with one attached hydrogen (secondary N) is 1. The van der Waals surface area contributed by atoms with E-state index in [1.165, 1.54) is 11.6 Å². The van der Waals surface area contributed by atoms with Crippen molar-refractivity contribution in [2.45, 2.75) is 19.9 Å². The van der Waals surface area contributed by atoms with Crippen LogP contribution in [0.15, 0.2) is 30.3 Å². The molecule has 0 saturated carbocycles. The zero-order valence-corrected chi connectivity index (χ0v) is 13.4. The second-order valence-corrected chi connectivity index (χ2v) is 5.56. The molecule has 0 aromatic heterocycles. The first-order valence-electron chi connectivity index (χ1n) is 7.83. The topological polar surface area (TPSA) is 72.9 Å². The molecule has 23 heavy (non-hydrogen) atoms. The SMILES string of the molecule is CCC(=O)N1CCN(Cc2ccc(/C=C/C(=O)NO)cc2)CC1. The molecule has 1 saturated heterocycles. The molecule has 1 aliphatic heterocycles. The number of hydroxylamine groups is 1. The van der Waals surface area contributed by atoms with E-state index in [4.69, 9.17) is 5.21 Å². The zero-order chi connectivity index (χ0) is 16.7. The highest BCUT2D eigenvalue weighted by Gasteiger charge is 2.19. The van der Waals surface area contributed by atoms with Crippen LogP contribution in [0, 0.1) is 0 Å². The van der Waals surface area contributed by atoms with Gasteiger partial charge >= 0.3 is 0 Å². The number of carbonyl (C=O) groups is 2. The highest BCUT2D eigenvalue weighted by atomic mass is 16.5. The van der Waals surface area contributed by atoms with Crippen LogP contribution in [-0.4, -0.2) is 53.0 Å². The first-order valence-corrected chi connectivity index (χ1v) is 7.83. The Hall–Kier alpha value is -2.18. The zero-order valence-electron chi connectivity index (χ0n) is 13.4. The number of piperazine rings is 1. The van der Waals surface area contributed by atoms with Crippen LogP contribution in [0.4, 0.5) is 0 Å². The van der Waals surface area contributed by atoms with Crippen LogP contribution in [0.2, 0.25) is 0 Å². The van der Waals surface area contributed by atoms with Gasteiger partial charge in [-0.15, -0.1) is 0 Å². The van der Waals surface area contributed by atoms with Crippen LogP contribution in [0.1, 0.15) is 24.5 Å². The van der Waals surface area contributed by atoms with Crippen molar-refractivity contribution in [3.8, 4) is 0 Å². The lowest BCUT2D eigenvalue weighted by molar-refractivity contribution is -0.132. The Morgan fingerprint density at radius 2 is 1.83 bits per heavy atom. The van der Waals surface area contributed by atoms with E-state index >= 15 is 0 Å². The first-order chi connectivity index (χ1) is 11.1. The maximum Gasteiger partial charge on any atom is 0.267 e. The molecule has 0 radical (unpaired) electrons. The van der Waals surface area contributed by atoms with Gasteiger partial charge in [0.2, 0.25) is 5.91 Å². The Morgan fingerprint density at radius 1 is 1.17 bits per heavy atom. The summed E-state index contributed by atoms with van der Waals surface area (Å²) in [6.07, 6.45) is 3.49. The van der Waals surface area contributed by atoms with Crippen molar-refractivity contribution in [1.29, 1.82) is 0 Å². The second kappa shape index (κ2) is 8.45. The van der Waals surface area contributed by atoms with E-state index in [0.29, 0.717) is 6.42 Å². The van der Waals surface area contributed by atoms with Crippen LogP contribution in [0.3, 0.4) is 0 Å². The summed E-state index contributed by atoms with van der Waals surface area (Å²) >= 11 is 0. The Morgan fingerprint density at radius 3 is 2.39 bits per heavy atom. The van der Waals surface area contributed by atoms with Gasteiger partial charge in [0.15, 0.2) is 0 Å². The van der Waals surface area contributed by atoms with Crippen LogP contribution in [0.5, 0.6) is 0 Å². The minimum Gasteiger partial charge on any atom is -0.340 e. The Kier molecular flexibility index (Phi) is 6.31. The number of nitrogens with zero attached hydrogens (tertiary/aromatic N) is 2. The van der Waals surface area contributed by atoms with Gasteiger partial charge in [-0.3, -0.25) is 19.7 Å². The average molecular weight is 317 g/mol. The summed E-state index contributed by atoms with van der Waals surface area (Å²) in [5.41, 5.74) is 3.65. The molecule has 2 rings (SSSR count). The predicted octanol–water partition coefficient (Wildman–Crippen LogP) is 1.26. The van der Waals surface area contributed by atoms with Crippen molar-refractivity contribution in [2.75, 3.05) is 26.2 Å². The monoisotopic (exact) mass is 317 g/mol. The number of carbonyl (C=O) groups excluding carboxylic acids is 2. The highest BCUT2D eigenvalue weighted by molar-refractivity contribution is 5.90. The van der Waals surface area contributed by atoms with Crippen LogP contribution in [0.25, 0.3) is 6.08 Å². The summed E-state index contributed by atoms with van der Waals surface area (Å²) in [7, 11) is 0. The molecule has 124 valence electrons. The molecule has 0 unspecified atom stereocenters. The third-order valence-electron chi connectivity index (χ3n) is 3.95. The summed E-state index contributed by atoms with van der Waals surface area (Å²) in [6, 6.07) is 7.93. The molecule has 0 atom stereocenters. The van der Waals surface area contributed by atoms with Gasteiger partial charge < -0.3 is 4.90 Å². The summed E-state index contributed by atoms with van der Waals surface area (Å²) in [5.74, 6) is -0.318. The molecule has 2 N–H and O–H groups in total. The van der Waals surface area contributed by atoms with Gasteiger partial charge in [0.1, 0.15) is 0 Å². The van der Waals surface area contributed by atoms with Crippen LogP contribution < -0.4 is 5.48 Å². The third-order valence-corrected chi connectivity index (χ3v) is 3.95. The highest BCUT2D eigenvalue weighted by Crippen LogP contribution is 2.11. The van der Waals surface area contributed by atoms with E-state index in [1.54, 1.807) is 11.6 Å². The lowest BCUT2D eigenvalue weighted by Crippen LogP contribution is -2.48. The van der Waals surface area contributed by atoms with E-state index in [2.05, 4.69) is 4.90 Å². The summed E-state index contributed by atoms with van der Waals surface area (Å²) in [6.45, 7) is 6.13. The Bertz CT molecular complexity index is 561. The molecule has 1 aromatic rings. The minimum absolute atomic E-state index is 0.229. The molecule has 0 aliphatic carbocycles. The fraction of sp³-hybridized carbons (Fsp3) is 0.412. The van der Waals surface area contributed by atoms with E-state index in [1.807, 2.05) is 36.1 Å². The van der Waals surface area contributed by atoms with Gasteiger partial charge in [-0.2, -0.15) is 0 Å². The molecule has 6 nitrogen and oxygen atoms in total. The molecule has 2 amide bonds. The van der Waals surface area contributed by atoms with Crippen molar-refractivity contribution in [1.82, 2.24) is 15.3 Å². The number of benzene rings is 1. The lowest BCUT2D eigenvalue weighted by Gasteiger charge is -2.34. The van der Waals surface area contributed by atoms with Crippen LogP contribution >= 0.6 is 0 Å². The number of hydrogen-bond donors (Lipinski definition) is 2. The van der Waals surface area contributed by atoms with Gasteiger partial charge in [-0.25, -0.2) is 5.48 Å². The van der Waals surface area contributed by atoms with Gasteiger partial charge in [0.05, 0.1) is 0 Å². The fourth-order valence-corrected chi connectivity index (χ4v) is 2.58. The maximum absolute atomic E-state index is 11.7. The largest absolute Gasteiger partial charge is 0.340 e. The summed E-state index contributed by atoms with van der Waals surface area (Å²) < 4.78 is 0. The quantitative estimate of drug-likeness (QED) is 0.487. The first kappa shape index (κ1) is 17.2. The fourth-order valence-electron chi connectivity index (χ4n) is 2.58. The molecule has 1 heterocycles. The standard InChI is InChI=1S/C17H23N3O3/c1-2-17(22)20-11-9-19(10-12-20)13-15-5-3-14(4-6-15)7-8-16(21)18-23/h3-8,23H,2,9-13H2,1H3,(H,18,21)/b8-7+. The van der Waals surface area contributed by atoms with E-state index in [0.717, 1.165) is 38.3 Å². The van der Waals surface area contributed by atoms with Crippen LogP contribution in [-0.2, 0) is 16.1 Å². The van der Waals surface area contributed by atoms with Gasteiger partial charge in [0.25, 0.3) is 5.91 Å². The summed E-state index contributed by atoms with van der Waals surface area (Å²) in [4.78, 5) is 26.8. The molecule has 0 bridgehead atoms. The maximum atomic E-state index is 11.7. The van der Waals surface area contributed by atoms with Gasteiger partial charge in [-0.05, 0) is 17.2 Å². The minimum atomic E-state index is -0.548. The Labute approximate surface area is 136 Å². The molecule has 6 heteroatoms.